The van der Waals surface area contributed by atoms with E-state index in [1.165, 1.54) is 23.3 Å². The first-order valence-electron chi connectivity index (χ1n) is 9.86. The van der Waals surface area contributed by atoms with Gasteiger partial charge >= 0.3 is 6.03 Å². The monoisotopic (exact) mass is 466 g/mol. The molecule has 2 N–H and O–H groups in total. The van der Waals surface area contributed by atoms with E-state index in [2.05, 4.69) is 20.4 Å². The van der Waals surface area contributed by atoms with Gasteiger partial charge in [-0.3, -0.25) is 4.90 Å². The molecule has 0 aliphatic carbocycles. The van der Waals surface area contributed by atoms with Crippen LogP contribution in [0.2, 0.25) is 0 Å². The molecule has 1 aromatic heterocycles. The Hall–Kier alpha value is -2.25. The number of hydroxylamine groups is 1. The molecular formula is C19H26N6O4S2. The molecule has 168 valence electrons. The average Bonchev–Trinajstić information content (AvgIpc) is 3.11. The number of morpholine rings is 1. The van der Waals surface area contributed by atoms with E-state index < -0.39 is 0 Å². The number of urea groups is 1. The summed E-state index contributed by atoms with van der Waals surface area (Å²) in [5.41, 5.74) is 2.46. The third-order valence-corrected chi connectivity index (χ3v) is 6.73. The number of ether oxygens (including phenoxy) is 1. The molecular weight excluding hydrogens is 440 g/mol. The van der Waals surface area contributed by atoms with Crippen LogP contribution < -0.4 is 15.1 Å². The Balaban J connectivity index is 1.71. The fourth-order valence-corrected chi connectivity index (χ4v) is 4.97. The lowest BCUT2D eigenvalue weighted by Crippen LogP contribution is -2.36. The van der Waals surface area contributed by atoms with Crippen LogP contribution in [0.15, 0.2) is 33.7 Å². The predicted molar refractivity (Wildman–Crippen MR) is 123 cm³/mol. The highest BCUT2D eigenvalue weighted by Gasteiger charge is 2.22. The number of nitrogens with one attached hydrogen (secondary N) is 1. The smallest absolute Gasteiger partial charge is 0.328 e. The molecule has 0 spiro atoms. The van der Waals surface area contributed by atoms with Gasteiger partial charge in [-0.15, -0.1) is 4.47 Å². The van der Waals surface area contributed by atoms with Gasteiger partial charge in [-0.25, -0.2) is 9.78 Å². The summed E-state index contributed by atoms with van der Waals surface area (Å²) >= 11 is 2.43. The number of hydrogen-bond acceptors (Lipinski definition) is 10. The van der Waals surface area contributed by atoms with Crippen molar-refractivity contribution in [3.63, 3.8) is 0 Å². The van der Waals surface area contributed by atoms with E-state index in [1.54, 1.807) is 0 Å². The second-order valence-corrected chi connectivity index (χ2v) is 9.21. The predicted octanol–water partition coefficient (Wildman–Crippen LogP) is 3.81. The lowest BCUT2D eigenvalue weighted by molar-refractivity contribution is 0.0455. The van der Waals surface area contributed by atoms with Crippen molar-refractivity contribution in [2.24, 2.45) is 5.18 Å². The summed E-state index contributed by atoms with van der Waals surface area (Å²) < 4.78 is 7.15. The SMILES string of the molecule is Cc1nc(N(CCCN=O)C(=O)Nc2ccc(N3CCOCC3)cc2)sc1SN(C)O. The second-order valence-electron chi connectivity index (χ2n) is 6.86. The minimum Gasteiger partial charge on any atom is -0.378 e. The number of thiazole rings is 1. The Morgan fingerprint density at radius 3 is 2.71 bits per heavy atom. The van der Waals surface area contributed by atoms with Crippen LogP contribution in [0.4, 0.5) is 21.3 Å². The number of carbonyl (C=O) groups is 1. The summed E-state index contributed by atoms with van der Waals surface area (Å²) in [6.07, 6.45) is 0.424. The van der Waals surface area contributed by atoms with E-state index in [0.29, 0.717) is 42.7 Å². The van der Waals surface area contributed by atoms with Gasteiger partial charge in [0.1, 0.15) is 4.21 Å². The third-order valence-electron chi connectivity index (χ3n) is 4.56. The average molecular weight is 467 g/mol. The number of benzene rings is 1. The first-order valence-corrected chi connectivity index (χ1v) is 11.5. The standard InChI is InChI=1S/C19H26N6O4S2/c1-14-17(31-23(2)28)30-19(21-14)25(9-3-8-20-27)18(26)22-15-4-6-16(7-5-15)24-10-12-29-13-11-24/h4-7,28H,3,8-13H2,1-2H3,(H,22,26). The summed E-state index contributed by atoms with van der Waals surface area (Å²) in [7, 11) is 1.52. The number of nitroso groups, excluding NO2 is 1. The van der Waals surface area contributed by atoms with E-state index >= 15 is 0 Å². The molecule has 0 atom stereocenters. The Labute approximate surface area is 189 Å². The number of aromatic nitrogens is 1. The highest BCUT2D eigenvalue weighted by molar-refractivity contribution is 7.98. The molecule has 2 amide bonds. The van der Waals surface area contributed by atoms with E-state index in [-0.39, 0.29) is 12.6 Å². The molecule has 0 radical (unpaired) electrons. The van der Waals surface area contributed by atoms with Crippen LogP contribution in [0, 0.1) is 11.8 Å². The van der Waals surface area contributed by atoms with Crippen LogP contribution in [0.25, 0.3) is 0 Å². The number of hydrogen-bond donors (Lipinski definition) is 2. The van der Waals surface area contributed by atoms with Crippen molar-refractivity contribution in [3.05, 3.63) is 34.9 Å². The number of carbonyl (C=O) groups excluding carboxylic acids is 1. The molecule has 1 fully saturated rings. The van der Waals surface area contributed by atoms with Crippen molar-refractivity contribution in [1.29, 1.82) is 0 Å². The summed E-state index contributed by atoms with van der Waals surface area (Å²) in [6, 6.07) is 7.33. The van der Waals surface area contributed by atoms with Crippen LogP contribution in [-0.4, -0.2) is 67.1 Å². The minimum atomic E-state index is -0.340. The van der Waals surface area contributed by atoms with Gasteiger partial charge in [-0.2, -0.15) is 4.91 Å². The first kappa shape index (κ1) is 23.4. The van der Waals surface area contributed by atoms with E-state index in [1.807, 2.05) is 31.2 Å². The zero-order valence-electron chi connectivity index (χ0n) is 17.5. The molecule has 10 nitrogen and oxygen atoms in total. The molecule has 0 saturated carbocycles. The van der Waals surface area contributed by atoms with Gasteiger partial charge in [0, 0.05) is 38.1 Å². The second kappa shape index (κ2) is 11.4. The molecule has 2 heterocycles. The summed E-state index contributed by atoms with van der Waals surface area (Å²) in [4.78, 5) is 31.7. The van der Waals surface area contributed by atoms with Gasteiger partial charge in [0.05, 0.1) is 25.5 Å². The van der Waals surface area contributed by atoms with Crippen molar-refractivity contribution >= 4 is 45.8 Å². The molecule has 31 heavy (non-hydrogen) atoms. The molecule has 3 rings (SSSR count). The highest BCUT2D eigenvalue weighted by atomic mass is 32.2. The maximum Gasteiger partial charge on any atom is 0.328 e. The van der Waals surface area contributed by atoms with Crippen LogP contribution >= 0.6 is 23.3 Å². The third kappa shape index (κ3) is 6.61. The quantitative estimate of drug-likeness (QED) is 0.248. The maximum absolute atomic E-state index is 13.0. The zero-order chi connectivity index (χ0) is 22.2. The highest BCUT2D eigenvalue weighted by Crippen LogP contribution is 2.35. The van der Waals surface area contributed by atoms with Gasteiger partial charge in [0.15, 0.2) is 5.13 Å². The van der Waals surface area contributed by atoms with E-state index in [9.17, 15) is 14.9 Å². The Morgan fingerprint density at radius 1 is 1.35 bits per heavy atom. The number of nitrogens with zero attached hydrogens (tertiary/aromatic N) is 5. The Morgan fingerprint density at radius 2 is 2.06 bits per heavy atom. The van der Waals surface area contributed by atoms with Gasteiger partial charge in [-0.05, 0) is 49.6 Å². The molecule has 0 bridgehead atoms. The summed E-state index contributed by atoms with van der Waals surface area (Å²) in [6.45, 7) is 5.34. The lowest BCUT2D eigenvalue weighted by atomic mass is 10.2. The van der Waals surface area contributed by atoms with Crippen molar-refractivity contribution in [2.45, 2.75) is 17.6 Å². The molecule has 1 aliphatic rings. The van der Waals surface area contributed by atoms with Crippen LogP contribution in [0.1, 0.15) is 12.1 Å². The maximum atomic E-state index is 13.0. The van der Waals surface area contributed by atoms with Crippen LogP contribution in [-0.2, 0) is 4.74 Å². The number of amides is 2. The van der Waals surface area contributed by atoms with Gasteiger partial charge in [0.2, 0.25) is 0 Å². The van der Waals surface area contributed by atoms with Crippen molar-refractivity contribution in [1.82, 2.24) is 9.45 Å². The zero-order valence-corrected chi connectivity index (χ0v) is 19.1. The molecule has 1 saturated heterocycles. The number of anilines is 3. The van der Waals surface area contributed by atoms with Gasteiger partial charge in [-0.1, -0.05) is 16.5 Å². The minimum absolute atomic E-state index is 0.114. The largest absolute Gasteiger partial charge is 0.378 e. The van der Waals surface area contributed by atoms with Crippen molar-refractivity contribution < 1.29 is 14.7 Å². The normalized spacial score (nSPS) is 14.0. The van der Waals surface area contributed by atoms with E-state index in [4.69, 9.17) is 4.74 Å². The topological polar surface area (TPSA) is 111 Å². The first-order chi connectivity index (χ1) is 15.0. The number of aryl methyl sites for hydroxylation is 1. The fraction of sp³-hybridized carbons (Fsp3) is 0.474. The van der Waals surface area contributed by atoms with Gasteiger partial charge in [0.25, 0.3) is 0 Å². The molecule has 1 aromatic carbocycles. The molecule has 2 aromatic rings. The van der Waals surface area contributed by atoms with Gasteiger partial charge < -0.3 is 20.2 Å². The number of rotatable bonds is 9. The Bertz CT molecular complexity index is 871. The molecule has 12 heteroatoms. The molecule has 1 aliphatic heterocycles. The summed E-state index contributed by atoms with van der Waals surface area (Å²) in [5.74, 6) is 0. The fourth-order valence-electron chi connectivity index (χ4n) is 3.03. The Kier molecular flexibility index (Phi) is 8.60. The van der Waals surface area contributed by atoms with Crippen LogP contribution in [0.3, 0.4) is 0 Å². The van der Waals surface area contributed by atoms with Crippen LogP contribution in [0.5, 0.6) is 0 Å². The lowest BCUT2D eigenvalue weighted by Gasteiger charge is -2.29. The summed E-state index contributed by atoms with van der Waals surface area (Å²) in [5, 5.41) is 15.8. The van der Waals surface area contributed by atoms with E-state index in [0.717, 1.165) is 39.4 Å². The molecule has 0 unspecified atom stereocenters. The van der Waals surface area contributed by atoms with Crippen molar-refractivity contribution in [2.75, 3.05) is 61.6 Å². The van der Waals surface area contributed by atoms with Crippen molar-refractivity contribution in [3.8, 4) is 0 Å².